The summed E-state index contributed by atoms with van der Waals surface area (Å²) in [5.41, 5.74) is 1.09. The third-order valence-corrected chi connectivity index (χ3v) is 3.88. The lowest BCUT2D eigenvalue weighted by molar-refractivity contribution is -0.145. The van der Waals surface area contributed by atoms with Gasteiger partial charge >= 0.3 is 5.97 Å². The molecule has 0 saturated heterocycles. The first-order valence-electron chi connectivity index (χ1n) is 8.52. The summed E-state index contributed by atoms with van der Waals surface area (Å²) >= 11 is 0. The highest BCUT2D eigenvalue weighted by atomic mass is 19.1. The number of benzene rings is 2. The summed E-state index contributed by atoms with van der Waals surface area (Å²) in [6, 6.07) is 12.6. The first-order chi connectivity index (χ1) is 13.0. The van der Waals surface area contributed by atoms with Crippen molar-refractivity contribution < 1.29 is 28.6 Å². The number of aliphatic carboxylic acids is 1. The molecule has 0 fully saturated rings. The summed E-state index contributed by atoms with van der Waals surface area (Å²) in [6.45, 7) is -0.173. The van der Waals surface area contributed by atoms with Crippen molar-refractivity contribution in [2.75, 3.05) is 13.7 Å². The average Bonchev–Trinajstić information content (AvgIpc) is 2.67. The lowest BCUT2D eigenvalue weighted by Gasteiger charge is -2.16. The maximum absolute atomic E-state index is 12.9. The van der Waals surface area contributed by atoms with E-state index in [-0.39, 0.29) is 24.6 Å². The van der Waals surface area contributed by atoms with Crippen LogP contribution in [-0.4, -0.2) is 36.7 Å². The van der Waals surface area contributed by atoms with E-state index in [0.717, 1.165) is 17.7 Å². The smallest absolute Gasteiger partial charge is 0.346 e. The molecule has 2 rings (SSSR count). The van der Waals surface area contributed by atoms with E-state index in [4.69, 9.17) is 9.47 Å². The summed E-state index contributed by atoms with van der Waals surface area (Å²) in [7, 11) is 1.60. The molecule has 0 aliphatic carbocycles. The van der Waals surface area contributed by atoms with Crippen LogP contribution in [0.2, 0.25) is 0 Å². The number of halogens is 1. The van der Waals surface area contributed by atoms with Crippen molar-refractivity contribution in [2.24, 2.45) is 0 Å². The number of hydrogen-bond acceptors (Lipinski definition) is 4. The molecular weight excluding hydrogens is 353 g/mol. The monoisotopic (exact) mass is 375 g/mol. The summed E-state index contributed by atoms with van der Waals surface area (Å²) in [5, 5.41) is 11.8. The van der Waals surface area contributed by atoms with Crippen LogP contribution in [0.25, 0.3) is 0 Å². The summed E-state index contributed by atoms with van der Waals surface area (Å²) < 4.78 is 23.3. The standard InChI is InChI=1S/C20H22FNO5/c1-26-16-9-5-14(6-10-16)3-2-4-19(23)22-13-18(20(24)25)27-17-11-7-15(21)8-12-17/h5-12,18H,2-4,13H2,1H3,(H,22,23)(H,24,25). The molecule has 0 aliphatic rings. The second-order valence-corrected chi connectivity index (χ2v) is 5.90. The Kier molecular flexibility index (Phi) is 7.61. The first kappa shape index (κ1) is 20.2. The molecule has 1 unspecified atom stereocenters. The molecule has 0 heterocycles. The normalized spacial score (nSPS) is 11.5. The molecule has 27 heavy (non-hydrogen) atoms. The summed E-state index contributed by atoms with van der Waals surface area (Å²) in [4.78, 5) is 23.2. The maximum atomic E-state index is 12.9. The third kappa shape index (κ3) is 6.97. The lowest BCUT2D eigenvalue weighted by Crippen LogP contribution is -2.40. The molecule has 144 valence electrons. The largest absolute Gasteiger partial charge is 0.497 e. The van der Waals surface area contributed by atoms with Crippen LogP contribution in [0.1, 0.15) is 18.4 Å². The van der Waals surface area contributed by atoms with Crippen LogP contribution in [-0.2, 0) is 16.0 Å². The highest BCUT2D eigenvalue weighted by Crippen LogP contribution is 2.14. The van der Waals surface area contributed by atoms with E-state index in [0.29, 0.717) is 6.42 Å². The zero-order chi connectivity index (χ0) is 19.6. The summed E-state index contributed by atoms with van der Waals surface area (Å²) in [6.07, 6.45) is 0.385. The Bertz CT molecular complexity index is 746. The second kappa shape index (κ2) is 10.2. The number of carboxylic acid groups (broad SMARTS) is 1. The van der Waals surface area contributed by atoms with Gasteiger partial charge in [0.05, 0.1) is 13.7 Å². The Morgan fingerprint density at radius 2 is 1.70 bits per heavy atom. The van der Waals surface area contributed by atoms with Gasteiger partial charge in [0, 0.05) is 6.42 Å². The number of ether oxygens (including phenoxy) is 2. The number of aryl methyl sites for hydroxylation is 1. The number of methoxy groups -OCH3 is 1. The zero-order valence-electron chi connectivity index (χ0n) is 15.0. The molecule has 0 bridgehead atoms. The molecular formula is C20H22FNO5. The summed E-state index contributed by atoms with van der Waals surface area (Å²) in [5.74, 6) is -0.912. The Balaban J connectivity index is 1.74. The molecule has 0 aliphatic heterocycles. The SMILES string of the molecule is COc1ccc(CCCC(=O)NCC(Oc2ccc(F)cc2)C(=O)O)cc1. The van der Waals surface area contributed by atoms with E-state index in [1.807, 2.05) is 24.3 Å². The van der Waals surface area contributed by atoms with E-state index < -0.39 is 17.9 Å². The molecule has 6 nitrogen and oxygen atoms in total. The van der Waals surface area contributed by atoms with E-state index in [2.05, 4.69) is 5.32 Å². The third-order valence-electron chi connectivity index (χ3n) is 3.88. The van der Waals surface area contributed by atoms with E-state index in [9.17, 15) is 19.1 Å². The quantitative estimate of drug-likeness (QED) is 0.667. The molecule has 0 saturated carbocycles. The Morgan fingerprint density at radius 3 is 2.30 bits per heavy atom. The van der Waals surface area contributed by atoms with Gasteiger partial charge in [-0.05, 0) is 54.8 Å². The van der Waals surface area contributed by atoms with E-state index in [1.54, 1.807) is 7.11 Å². The highest BCUT2D eigenvalue weighted by Gasteiger charge is 2.20. The molecule has 1 atom stereocenters. The Labute approximate surface area is 156 Å². The van der Waals surface area contributed by atoms with Crippen LogP contribution in [0.4, 0.5) is 4.39 Å². The lowest BCUT2D eigenvalue weighted by atomic mass is 10.1. The van der Waals surface area contributed by atoms with Gasteiger partial charge in [0.15, 0.2) is 0 Å². The maximum Gasteiger partial charge on any atom is 0.346 e. The molecule has 7 heteroatoms. The molecule has 2 aromatic carbocycles. The van der Waals surface area contributed by atoms with Crippen molar-refractivity contribution >= 4 is 11.9 Å². The van der Waals surface area contributed by atoms with Crippen molar-refractivity contribution in [3.05, 3.63) is 59.9 Å². The second-order valence-electron chi connectivity index (χ2n) is 5.90. The van der Waals surface area contributed by atoms with Gasteiger partial charge in [0.2, 0.25) is 12.0 Å². The van der Waals surface area contributed by atoms with Crippen LogP contribution in [0.15, 0.2) is 48.5 Å². The first-order valence-corrected chi connectivity index (χ1v) is 8.52. The molecule has 2 aromatic rings. The number of carbonyl (C=O) groups is 2. The fraction of sp³-hybridized carbons (Fsp3) is 0.300. The number of amides is 1. The molecule has 0 aromatic heterocycles. The molecule has 1 amide bonds. The van der Waals surface area contributed by atoms with Gasteiger partial charge in [-0.25, -0.2) is 9.18 Å². The van der Waals surface area contributed by atoms with Crippen LogP contribution >= 0.6 is 0 Å². The number of carboxylic acids is 1. The molecule has 0 spiro atoms. The van der Waals surface area contributed by atoms with Gasteiger partial charge in [-0.3, -0.25) is 4.79 Å². The number of rotatable bonds is 10. The number of hydrogen-bond donors (Lipinski definition) is 2. The fourth-order valence-electron chi connectivity index (χ4n) is 2.40. The Morgan fingerprint density at radius 1 is 1.07 bits per heavy atom. The highest BCUT2D eigenvalue weighted by molar-refractivity contribution is 5.78. The van der Waals surface area contributed by atoms with Crippen molar-refractivity contribution in [1.82, 2.24) is 5.32 Å². The van der Waals surface area contributed by atoms with Crippen LogP contribution < -0.4 is 14.8 Å². The van der Waals surface area contributed by atoms with E-state index in [1.165, 1.54) is 24.3 Å². The van der Waals surface area contributed by atoms with Gasteiger partial charge in [-0.15, -0.1) is 0 Å². The topological polar surface area (TPSA) is 84.9 Å². The van der Waals surface area contributed by atoms with Gasteiger partial charge < -0.3 is 19.9 Å². The van der Waals surface area contributed by atoms with E-state index >= 15 is 0 Å². The van der Waals surface area contributed by atoms with Crippen molar-refractivity contribution in [1.29, 1.82) is 0 Å². The zero-order valence-corrected chi connectivity index (χ0v) is 15.0. The Hall–Kier alpha value is -3.09. The minimum Gasteiger partial charge on any atom is -0.497 e. The minimum absolute atomic E-state index is 0.173. The van der Waals surface area contributed by atoms with Gasteiger partial charge in [-0.1, -0.05) is 12.1 Å². The van der Waals surface area contributed by atoms with Gasteiger partial charge in [0.1, 0.15) is 17.3 Å². The van der Waals surface area contributed by atoms with Crippen molar-refractivity contribution in [2.45, 2.75) is 25.4 Å². The predicted molar refractivity (Wildman–Crippen MR) is 97.4 cm³/mol. The van der Waals surface area contributed by atoms with Crippen molar-refractivity contribution in [3.8, 4) is 11.5 Å². The number of carbonyl (C=O) groups excluding carboxylic acids is 1. The van der Waals surface area contributed by atoms with Gasteiger partial charge in [-0.2, -0.15) is 0 Å². The van der Waals surface area contributed by atoms with Crippen LogP contribution in [0.5, 0.6) is 11.5 Å². The van der Waals surface area contributed by atoms with Gasteiger partial charge in [0.25, 0.3) is 0 Å². The molecule has 0 radical (unpaired) electrons. The predicted octanol–water partition coefficient (Wildman–Crippen LogP) is 2.81. The molecule has 2 N–H and O–H groups in total. The van der Waals surface area contributed by atoms with Crippen LogP contribution in [0.3, 0.4) is 0 Å². The minimum atomic E-state index is -1.25. The van der Waals surface area contributed by atoms with Crippen LogP contribution in [0, 0.1) is 5.82 Å². The van der Waals surface area contributed by atoms with Crippen molar-refractivity contribution in [3.63, 3.8) is 0 Å². The fourth-order valence-corrected chi connectivity index (χ4v) is 2.40. The average molecular weight is 375 g/mol. The number of nitrogens with one attached hydrogen (secondary N) is 1.